The molecule has 1 aromatic rings. The van der Waals surface area contributed by atoms with E-state index in [9.17, 15) is 0 Å². The van der Waals surface area contributed by atoms with Crippen LogP contribution in [0, 0.1) is 11.8 Å². The fourth-order valence-corrected chi connectivity index (χ4v) is 3.96. The largest absolute Gasteiger partial charge is 0.313 e. The topological polar surface area (TPSA) is 24.9 Å². The summed E-state index contributed by atoms with van der Waals surface area (Å²) < 4.78 is 0. The normalized spacial score (nSPS) is 25.7. The molecule has 1 aliphatic carbocycles. The molecule has 0 aliphatic heterocycles. The van der Waals surface area contributed by atoms with Crippen LogP contribution < -0.4 is 5.32 Å². The molecule has 1 N–H and O–H groups in total. The van der Waals surface area contributed by atoms with Crippen molar-refractivity contribution in [1.29, 1.82) is 0 Å². The molecule has 1 saturated carbocycles. The van der Waals surface area contributed by atoms with Gasteiger partial charge >= 0.3 is 0 Å². The third-order valence-electron chi connectivity index (χ3n) is 4.17. The van der Waals surface area contributed by atoms with Crippen LogP contribution in [-0.2, 0) is 0 Å². The molecule has 2 nitrogen and oxygen atoms in total. The van der Waals surface area contributed by atoms with Crippen LogP contribution in [0.1, 0.15) is 63.8 Å². The molecule has 0 amide bonds. The summed E-state index contributed by atoms with van der Waals surface area (Å²) in [5.41, 5.74) is 0. The molecule has 1 aromatic heterocycles. The molecule has 0 bridgehead atoms. The van der Waals surface area contributed by atoms with E-state index in [1.54, 1.807) is 11.3 Å². The van der Waals surface area contributed by atoms with Gasteiger partial charge in [-0.2, -0.15) is 0 Å². The monoisotopic (exact) mass is 280 g/mol. The molecule has 0 aromatic carbocycles. The summed E-state index contributed by atoms with van der Waals surface area (Å²) >= 11 is 1.78. The zero-order valence-corrected chi connectivity index (χ0v) is 13.4. The fraction of sp³-hybridized carbons (Fsp3) is 0.812. The van der Waals surface area contributed by atoms with E-state index in [2.05, 4.69) is 36.5 Å². The molecule has 3 unspecified atom stereocenters. The van der Waals surface area contributed by atoms with Crippen molar-refractivity contribution in [3.63, 3.8) is 0 Å². The Morgan fingerprint density at radius 2 is 2.21 bits per heavy atom. The van der Waals surface area contributed by atoms with Crippen molar-refractivity contribution in [3.8, 4) is 0 Å². The van der Waals surface area contributed by atoms with Crippen LogP contribution in [0.25, 0.3) is 0 Å². The van der Waals surface area contributed by atoms with Gasteiger partial charge in [-0.15, -0.1) is 11.3 Å². The molecular formula is C16H28N2S. The summed E-state index contributed by atoms with van der Waals surface area (Å²) in [6.45, 7) is 8.05. The summed E-state index contributed by atoms with van der Waals surface area (Å²) in [5.74, 6) is 2.34. The van der Waals surface area contributed by atoms with E-state index in [-0.39, 0.29) is 0 Å². The molecule has 0 saturated heterocycles. The van der Waals surface area contributed by atoms with Crippen LogP contribution in [0.15, 0.2) is 11.6 Å². The Morgan fingerprint density at radius 1 is 1.37 bits per heavy atom. The first-order valence-electron chi connectivity index (χ1n) is 7.78. The van der Waals surface area contributed by atoms with E-state index in [4.69, 9.17) is 0 Å². The van der Waals surface area contributed by atoms with Crippen LogP contribution >= 0.6 is 11.3 Å². The van der Waals surface area contributed by atoms with E-state index < -0.39 is 0 Å². The molecule has 1 aliphatic rings. The number of nitrogens with zero attached hydrogens (tertiary/aromatic N) is 1. The second-order valence-corrected chi connectivity index (χ2v) is 7.46. The third kappa shape index (κ3) is 4.88. The minimum Gasteiger partial charge on any atom is -0.313 e. The van der Waals surface area contributed by atoms with E-state index in [0.717, 1.165) is 24.4 Å². The lowest BCUT2D eigenvalue weighted by molar-refractivity contribution is 0.251. The Bertz CT molecular complexity index is 348. The van der Waals surface area contributed by atoms with E-state index in [1.807, 2.05) is 6.20 Å². The van der Waals surface area contributed by atoms with Gasteiger partial charge in [-0.25, -0.2) is 4.98 Å². The number of thiazole rings is 1. The molecule has 0 spiro atoms. The molecule has 3 heteroatoms. The number of hydrogen-bond donors (Lipinski definition) is 1. The highest BCUT2D eigenvalue weighted by Crippen LogP contribution is 2.29. The van der Waals surface area contributed by atoms with Gasteiger partial charge in [-0.1, -0.05) is 33.6 Å². The van der Waals surface area contributed by atoms with Crippen LogP contribution in [0.2, 0.25) is 0 Å². The molecule has 108 valence electrons. The van der Waals surface area contributed by atoms with Crippen molar-refractivity contribution in [3.05, 3.63) is 16.6 Å². The molecule has 0 radical (unpaired) electrons. The zero-order chi connectivity index (χ0) is 13.7. The maximum absolute atomic E-state index is 4.41. The van der Waals surface area contributed by atoms with Crippen molar-refractivity contribution in [2.45, 2.75) is 64.8 Å². The fourth-order valence-electron chi connectivity index (χ4n) is 3.27. The predicted molar refractivity (Wildman–Crippen MR) is 83.7 cm³/mol. The lowest BCUT2D eigenvalue weighted by atomic mass is 9.81. The maximum Gasteiger partial charge on any atom is 0.0965 e. The molecular weight excluding hydrogens is 252 g/mol. The van der Waals surface area contributed by atoms with Crippen molar-refractivity contribution in [2.75, 3.05) is 6.54 Å². The van der Waals surface area contributed by atoms with Gasteiger partial charge < -0.3 is 5.32 Å². The second kappa shape index (κ2) is 7.39. The molecule has 3 atom stereocenters. The molecule has 2 rings (SSSR count). The van der Waals surface area contributed by atoms with Crippen molar-refractivity contribution >= 4 is 11.3 Å². The highest BCUT2D eigenvalue weighted by Gasteiger charge is 2.22. The first kappa shape index (κ1) is 15.0. The van der Waals surface area contributed by atoms with E-state index in [1.165, 1.54) is 37.1 Å². The number of hydrogen-bond acceptors (Lipinski definition) is 3. The summed E-state index contributed by atoms with van der Waals surface area (Å²) in [7, 11) is 0. The minimum atomic E-state index is 0.547. The SMILES string of the molecule is CC(C)CC1CCCC(NCC(C)c2nccs2)C1. The van der Waals surface area contributed by atoms with Crippen LogP contribution in [-0.4, -0.2) is 17.6 Å². The number of aromatic nitrogens is 1. The van der Waals surface area contributed by atoms with Crippen LogP contribution in [0.3, 0.4) is 0 Å². The first-order valence-corrected chi connectivity index (χ1v) is 8.66. The maximum atomic E-state index is 4.41. The standard InChI is InChI=1S/C16H28N2S/c1-12(2)9-14-5-4-6-15(10-14)18-11-13(3)16-17-7-8-19-16/h7-8,12-15,18H,4-6,9-11H2,1-3H3. The average molecular weight is 280 g/mol. The van der Waals surface area contributed by atoms with Crippen molar-refractivity contribution in [1.82, 2.24) is 10.3 Å². The number of rotatable bonds is 6. The van der Waals surface area contributed by atoms with Gasteiger partial charge in [0.05, 0.1) is 5.01 Å². The Balaban J connectivity index is 1.73. The van der Waals surface area contributed by atoms with Gasteiger partial charge in [-0.05, 0) is 31.1 Å². The average Bonchev–Trinajstić information content (AvgIpc) is 2.89. The van der Waals surface area contributed by atoms with Crippen molar-refractivity contribution < 1.29 is 0 Å². The molecule has 1 heterocycles. The first-order chi connectivity index (χ1) is 9.15. The molecule has 1 fully saturated rings. The van der Waals surface area contributed by atoms with Gasteiger partial charge in [0.1, 0.15) is 0 Å². The predicted octanol–water partition coefficient (Wildman–Crippen LogP) is 4.44. The Kier molecular flexibility index (Phi) is 5.83. The van der Waals surface area contributed by atoms with Crippen LogP contribution in [0.4, 0.5) is 0 Å². The third-order valence-corrected chi connectivity index (χ3v) is 5.18. The highest BCUT2D eigenvalue weighted by atomic mass is 32.1. The Morgan fingerprint density at radius 3 is 2.89 bits per heavy atom. The number of nitrogens with one attached hydrogen (secondary N) is 1. The quantitative estimate of drug-likeness (QED) is 0.833. The molecule has 19 heavy (non-hydrogen) atoms. The second-order valence-electron chi connectivity index (χ2n) is 6.54. The van der Waals surface area contributed by atoms with Gasteiger partial charge in [0.25, 0.3) is 0 Å². The van der Waals surface area contributed by atoms with Gasteiger partial charge in [0.2, 0.25) is 0 Å². The van der Waals surface area contributed by atoms with Gasteiger partial charge in [0.15, 0.2) is 0 Å². The summed E-state index contributed by atoms with van der Waals surface area (Å²) in [4.78, 5) is 4.41. The Labute approximate surface area is 122 Å². The minimum absolute atomic E-state index is 0.547. The lowest BCUT2D eigenvalue weighted by Crippen LogP contribution is -2.36. The zero-order valence-electron chi connectivity index (χ0n) is 12.6. The van der Waals surface area contributed by atoms with Crippen molar-refractivity contribution in [2.24, 2.45) is 11.8 Å². The smallest absolute Gasteiger partial charge is 0.0965 e. The van der Waals surface area contributed by atoms with E-state index in [0.29, 0.717) is 5.92 Å². The highest BCUT2D eigenvalue weighted by molar-refractivity contribution is 7.09. The van der Waals surface area contributed by atoms with E-state index >= 15 is 0 Å². The van der Waals surface area contributed by atoms with Gasteiger partial charge in [0, 0.05) is 30.1 Å². The summed E-state index contributed by atoms with van der Waals surface area (Å²) in [5, 5.41) is 7.12. The summed E-state index contributed by atoms with van der Waals surface area (Å²) in [6, 6.07) is 0.736. The van der Waals surface area contributed by atoms with Gasteiger partial charge in [-0.3, -0.25) is 0 Å². The van der Waals surface area contributed by atoms with Crippen LogP contribution in [0.5, 0.6) is 0 Å². The lowest BCUT2D eigenvalue weighted by Gasteiger charge is -2.31. The Hall–Kier alpha value is -0.410. The summed E-state index contributed by atoms with van der Waals surface area (Å²) in [6.07, 6.45) is 8.90.